The monoisotopic (exact) mass is 388 g/mol. The zero-order valence-electron chi connectivity index (χ0n) is 13.8. The quantitative estimate of drug-likeness (QED) is 0.850. The van der Waals surface area contributed by atoms with Crippen LogP contribution >= 0.6 is 15.9 Å². The van der Waals surface area contributed by atoms with E-state index in [4.69, 9.17) is 0 Å². The molecule has 1 fully saturated rings. The number of carbonyl (C=O) groups excluding carboxylic acids is 1. The van der Waals surface area contributed by atoms with Crippen LogP contribution in [0.5, 0.6) is 0 Å². The molecule has 2 heterocycles. The van der Waals surface area contributed by atoms with Gasteiger partial charge in [-0.2, -0.15) is 0 Å². The Morgan fingerprint density at radius 3 is 2.58 bits per heavy atom. The molecule has 5 nitrogen and oxygen atoms in total. The fourth-order valence-corrected chi connectivity index (χ4v) is 3.18. The van der Waals surface area contributed by atoms with Crippen LogP contribution in [0.25, 0.3) is 0 Å². The lowest BCUT2D eigenvalue weighted by Gasteiger charge is -2.19. The molecule has 1 aromatic heterocycles. The van der Waals surface area contributed by atoms with Gasteiger partial charge < -0.3 is 10.2 Å². The maximum Gasteiger partial charge on any atom is 0.272 e. The summed E-state index contributed by atoms with van der Waals surface area (Å²) in [6, 6.07) is 7.73. The van der Waals surface area contributed by atoms with Crippen molar-refractivity contribution in [2.75, 3.05) is 18.4 Å². The molecule has 6 heteroatoms. The molecular weight excluding hydrogens is 368 g/mol. The van der Waals surface area contributed by atoms with Crippen molar-refractivity contribution in [1.82, 2.24) is 14.9 Å². The van der Waals surface area contributed by atoms with Gasteiger partial charge in [-0.25, -0.2) is 9.97 Å². The highest BCUT2D eigenvalue weighted by Gasteiger charge is 2.19. The number of benzene rings is 1. The van der Waals surface area contributed by atoms with Crippen LogP contribution in [0, 0.1) is 6.92 Å². The molecule has 0 aliphatic carbocycles. The molecule has 2 aromatic rings. The van der Waals surface area contributed by atoms with E-state index in [9.17, 15) is 4.79 Å². The highest BCUT2D eigenvalue weighted by atomic mass is 79.9. The molecular formula is C18H21BrN4O. The number of halogens is 1. The summed E-state index contributed by atoms with van der Waals surface area (Å²) in [4.78, 5) is 23.0. The van der Waals surface area contributed by atoms with Crippen LogP contribution in [0.2, 0.25) is 0 Å². The van der Waals surface area contributed by atoms with E-state index in [0.29, 0.717) is 11.5 Å². The Labute approximate surface area is 150 Å². The molecule has 0 saturated carbocycles. The second-order valence-corrected chi connectivity index (χ2v) is 6.94. The molecule has 24 heavy (non-hydrogen) atoms. The van der Waals surface area contributed by atoms with Crippen LogP contribution in [0.4, 0.5) is 11.5 Å². The van der Waals surface area contributed by atoms with Gasteiger partial charge in [-0.3, -0.25) is 4.79 Å². The molecule has 1 aliphatic heterocycles. The van der Waals surface area contributed by atoms with E-state index in [2.05, 4.69) is 31.2 Å². The van der Waals surface area contributed by atoms with Crippen molar-refractivity contribution in [3.8, 4) is 0 Å². The first-order chi connectivity index (χ1) is 11.6. The summed E-state index contributed by atoms with van der Waals surface area (Å²) in [6.07, 6.45) is 5.97. The van der Waals surface area contributed by atoms with Gasteiger partial charge in [-0.15, -0.1) is 0 Å². The van der Waals surface area contributed by atoms with Gasteiger partial charge in [0, 0.05) is 29.3 Å². The largest absolute Gasteiger partial charge is 0.340 e. The number of amides is 1. The summed E-state index contributed by atoms with van der Waals surface area (Å²) in [5.41, 5.74) is 2.53. The van der Waals surface area contributed by atoms with E-state index in [1.54, 1.807) is 6.07 Å². The van der Waals surface area contributed by atoms with Gasteiger partial charge in [-0.05, 0) is 37.5 Å². The minimum absolute atomic E-state index is 0.00700. The smallest absolute Gasteiger partial charge is 0.272 e. The molecule has 1 N–H and O–H groups in total. The van der Waals surface area contributed by atoms with E-state index in [-0.39, 0.29) is 5.91 Å². The van der Waals surface area contributed by atoms with Gasteiger partial charge in [0.1, 0.15) is 17.8 Å². The summed E-state index contributed by atoms with van der Waals surface area (Å²) in [5, 5.41) is 3.23. The number of hydrogen-bond donors (Lipinski definition) is 1. The Hall–Kier alpha value is -1.95. The maximum absolute atomic E-state index is 12.7. The normalized spacial score (nSPS) is 15.0. The van der Waals surface area contributed by atoms with E-state index < -0.39 is 0 Å². The molecule has 0 bridgehead atoms. The molecule has 126 valence electrons. The fourth-order valence-electron chi connectivity index (χ4n) is 2.80. The topological polar surface area (TPSA) is 58.1 Å². The second kappa shape index (κ2) is 7.75. The summed E-state index contributed by atoms with van der Waals surface area (Å²) in [5.74, 6) is 0.617. The van der Waals surface area contributed by atoms with E-state index in [1.807, 2.05) is 30.0 Å². The van der Waals surface area contributed by atoms with Gasteiger partial charge in [0.15, 0.2) is 0 Å². The number of rotatable bonds is 3. The lowest BCUT2D eigenvalue weighted by atomic mass is 10.2. The van der Waals surface area contributed by atoms with Crippen LogP contribution in [0.15, 0.2) is 35.1 Å². The number of aromatic nitrogens is 2. The second-order valence-electron chi connectivity index (χ2n) is 6.08. The fraction of sp³-hybridized carbons (Fsp3) is 0.389. The van der Waals surface area contributed by atoms with Crippen LogP contribution in [-0.2, 0) is 0 Å². The third-order valence-electron chi connectivity index (χ3n) is 4.22. The third kappa shape index (κ3) is 4.12. The summed E-state index contributed by atoms with van der Waals surface area (Å²) in [6.45, 7) is 3.67. The number of hydrogen-bond acceptors (Lipinski definition) is 4. The molecule has 0 unspecified atom stereocenters. The van der Waals surface area contributed by atoms with Crippen LogP contribution < -0.4 is 5.32 Å². The Balaban J connectivity index is 1.75. The molecule has 0 radical (unpaired) electrons. The summed E-state index contributed by atoms with van der Waals surface area (Å²) in [7, 11) is 0. The minimum atomic E-state index is -0.00700. The predicted molar refractivity (Wildman–Crippen MR) is 98.6 cm³/mol. The van der Waals surface area contributed by atoms with Crippen LogP contribution in [0.1, 0.15) is 41.7 Å². The Bertz CT molecular complexity index is 727. The Morgan fingerprint density at radius 2 is 1.88 bits per heavy atom. The summed E-state index contributed by atoms with van der Waals surface area (Å²) < 4.78 is 1.03. The molecule has 0 spiro atoms. The first kappa shape index (κ1) is 16.9. The number of anilines is 2. The van der Waals surface area contributed by atoms with Crippen molar-refractivity contribution in [3.05, 3.63) is 46.3 Å². The van der Waals surface area contributed by atoms with Crippen molar-refractivity contribution >= 4 is 33.3 Å². The van der Waals surface area contributed by atoms with Gasteiger partial charge in [0.25, 0.3) is 5.91 Å². The minimum Gasteiger partial charge on any atom is -0.340 e. The maximum atomic E-state index is 12.7. The highest BCUT2D eigenvalue weighted by Crippen LogP contribution is 2.23. The number of nitrogens with zero attached hydrogens (tertiary/aromatic N) is 3. The lowest BCUT2D eigenvalue weighted by molar-refractivity contribution is 0.0755. The molecule has 0 atom stereocenters. The van der Waals surface area contributed by atoms with E-state index >= 15 is 0 Å². The van der Waals surface area contributed by atoms with Crippen molar-refractivity contribution in [1.29, 1.82) is 0 Å². The number of aryl methyl sites for hydroxylation is 1. The van der Waals surface area contributed by atoms with Gasteiger partial charge in [-0.1, -0.05) is 34.8 Å². The first-order valence-corrected chi connectivity index (χ1v) is 9.07. The molecule has 1 aromatic carbocycles. The van der Waals surface area contributed by atoms with Gasteiger partial charge in [0.2, 0.25) is 0 Å². The molecule has 3 rings (SSSR count). The molecule has 1 saturated heterocycles. The van der Waals surface area contributed by atoms with Crippen LogP contribution in [-0.4, -0.2) is 33.9 Å². The average Bonchev–Trinajstić information content (AvgIpc) is 2.87. The van der Waals surface area contributed by atoms with Crippen molar-refractivity contribution in [3.63, 3.8) is 0 Å². The Kier molecular flexibility index (Phi) is 5.45. The zero-order chi connectivity index (χ0) is 16.9. The zero-order valence-corrected chi connectivity index (χ0v) is 15.3. The lowest BCUT2D eigenvalue weighted by Crippen LogP contribution is -2.32. The number of nitrogens with one attached hydrogen (secondary N) is 1. The predicted octanol–water partition coefficient (Wildman–Crippen LogP) is 4.31. The molecule has 1 amide bonds. The molecule has 1 aliphatic rings. The van der Waals surface area contributed by atoms with Crippen molar-refractivity contribution in [2.24, 2.45) is 0 Å². The van der Waals surface area contributed by atoms with E-state index in [1.165, 1.54) is 24.7 Å². The first-order valence-electron chi connectivity index (χ1n) is 8.28. The van der Waals surface area contributed by atoms with Crippen molar-refractivity contribution < 1.29 is 4.79 Å². The van der Waals surface area contributed by atoms with Crippen molar-refractivity contribution in [2.45, 2.75) is 32.6 Å². The standard InChI is InChI=1S/C18H21BrN4O/c1-13-6-7-14(10-15(13)19)22-17-11-16(20-12-21-17)18(24)23-8-4-2-3-5-9-23/h6-7,10-12H,2-5,8-9H2,1H3,(H,20,21,22). The Morgan fingerprint density at radius 1 is 1.12 bits per heavy atom. The highest BCUT2D eigenvalue weighted by molar-refractivity contribution is 9.10. The van der Waals surface area contributed by atoms with Crippen LogP contribution in [0.3, 0.4) is 0 Å². The average molecular weight is 389 g/mol. The van der Waals surface area contributed by atoms with Gasteiger partial charge in [0.05, 0.1) is 0 Å². The SMILES string of the molecule is Cc1ccc(Nc2cc(C(=O)N3CCCCCC3)ncn2)cc1Br. The number of likely N-dealkylation sites (tertiary alicyclic amines) is 1. The summed E-state index contributed by atoms with van der Waals surface area (Å²) >= 11 is 3.52. The number of carbonyl (C=O) groups is 1. The third-order valence-corrected chi connectivity index (χ3v) is 5.08. The van der Waals surface area contributed by atoms with E-state index in [0.717, 1.165) is 36.1 Å². The van der Waals surface area contributed by atoms with Gasteiger partial charge >= 0.3 is 0 Å².